The molecule has 2 aliphatic heterocycles. The molecule has 178 valence electrons. The number of fused-ring (bicyclic) bond motifs is 1. The minimum atomic E-state index is -3.83. The number of aromatic nitrogens is 3. The number of rotatable bonds is 7. The fourth-order valence-corrected chi connectivity index (χ4v) is 6.78. The average molecular weight is 500 g/mol. The number of amides is 1. The normalized spacial score (nSPS) is 17.3. The van der Waals surface area contributed by atoms with Gasteiger partial charge in [0.2, 0.25) is 5.95 Å². The Morgan fingerprint density at radius 3 is 2.53 bits per heavy atom. The quantitative estimate of drug-likeness (QED) is 0.458. The van der Waals surface area contributed by atoms with Gasteiger partial charge in [0, 0.05) is 25.4 Å². The summed E-state index contributed by atoms with van der Waals surface area (Å²) in [6.07, 6.45) is 0.847. The van der Waals surface area contributed by atoms with Crippen molar-refractivity contribution < 1.29 is 17.9 Å². The second kappa shape index (κ2) is 9.40. The van der Waals surface area contributed by atoms with Crippen LogP contribution in [-0.2, 0) is 21.2 Å². The van der Waals surface area contributed by atoms with Gasteiger partial charge in [-0.05, 0) is 30.2 Å². The van der Waals surface area contributed by atoms with Gasteiger partial charge in [-0.1, -0.05) is 49.0 Å². The summed E-state index contributed by atoms with van der Waals surface area (Å²) in [6, 6.07) is 14.4. The molecule has 0 aliphatic carbocycles. The number of thioether (sulfide) groups is 1. The Hall–Kier alpha value is -2.89. The zero-order valence-electron chi connectivity index (χ0n) is 18.8. The van der Waals surface area contributed by atoms with E-state index >= 15 is 0 Å². The highest BCUT2D eigenvalue weighted by atomic mass is 32.2. The van der Waals surface area contributed by atoms with E-state index in [4.69, 9.17) is 4.74 Å². The van der Waals surface area contributed by atoms with Crippen LogP contribution in [0, 0.1) is 0 Å². The third-order valence-corrected chi connectivity index (χ3v) is 8.71. The summed E-state index contributed by atoms with van der Waals surface area (Å²) >= 11 is 1.39. The molecule has 11 heteroatoms. The summed E-state index contributed by atoms with van der Waals surface area (Å²) in [7, 11) is -3.83. The molecule has 1 fully saturated rings. The molecule has 1 saturated heterocycles. The Bertz CT molecular complexity index is 1320. The maximum absolute atomic E-state index is 12.9. The van der Waals surface area contributed by atoms with Gasteiger partial charge in [0.05, 0.1) is 24.5 Å². The van der Waals surface area contributed by atoms with E-state index in [0.29, 0.717) is 24.1 Å². The number of hydrogen-bond acceptors (Lipinski definition) is 8. The second-order valence-electron chi connectivity index (χ2n) is 7.93. The first kappa shape index (κ1) is 22.9. The molecule has 1 aromatic heterocycles. The van der Waals surface area contributed by atoms with Gasteiger partial charge in [-0.3, -0.25) is 9.36 Å². The van der Waals surface area contributed by atoms with E-state index in [1.807, 2.05) is 22.8 Å². The lowest BCUT2D eigenvalue weighted by atomic mass is 10.1. The number of carbonyl (C=O) groups is 1. The van der Waals surface area contributed by atoms with Gasteiger partial charge >= 0.3 is 0 Å². The summed E-state index contributed by atoms with van der Waals surface area (Å²) < 4.78 is 34.2. The molecule has 5 rings (SSSR count). The molecule has 9 nitrogen and oxygen atoms in total. The van der Waals surface area contributed by atoms with Crippen LogP contribution in [0.1, 0.15) is 22.8 Å². The Morgan fingerprint density at radius 1 is 1.03 bits per heavy atom. The second-order valence-corrected chi connectivity index (χ2v) is 10.8. The molecule has 2 aliphatic rings. The van der Waals surface area contributed by atoms with Crippen LogP contribution in [0.3, 0.4) is 0 Å². The monoisotopic (exact) mass is 499 g/mol. The number of ether oxygens (including phenoxy) is 1. The smallest absolute Gasteiger partial charge is 0.269 e. The number of morpholine rings is 1. The molecule has 0 atom stereocenters. The van der Waals surface area contributed by atoms with Crippen molar-refractivity contribution in [1.82, 2.24) is 19.1 Å². The predicted octanol–water partition coefficient (Wildman–Crippen LogP) is 2.60. The van der Waals surface area contributed by atoms with E-state index in [2.05, 4.69) is 28.1 Å². The fraction of sp³-hybridized carbons (Fsp3) is 0.348. The van der Waals surface area contributed by atoms with Crippen LogP contribution in [0.2, 0.25) is 0 Å². The number of nitrogens with zero attached hydrogens (tertiary/aromatic N) is 5. The van der Waals surface area contributed by atoms with Crippen molar-refractivity contribution in [2.75, 3.05) is 43.5 Å². The lowest BCUT2D eigenvalue weighted by Crippen LogP contribution is -2.38. The van der Waals surface area contributed by atoms with Crippen molar-refractivity contribution in [1.29, 1.82) is 0 Å². The van der Waals surface area contributed by atoms with Crippen molar-refractivity contribution in [3.8, 4) is 5.69 Å². The number of benzene rings is 2. The molecule has 0 saturated carbocycles. The van der Waals surface area contributed by atoms with Crippen molar-refractivity contribution >= 4 is 33.6 Å². The Kier molecular flexibility index (Phi) is 6.32. The van der Waals surface area contributed by atoms with Crippen molar-refractivity contribution in [3.05, 3.63) is 59.7 Å². The maximum atomic E-state index is 12.9. The number of para-hydroxylation sites is 1. The van der Waals surface area contributed by atoms with Crippen LogP contribution in [0.15, 0.2) is 58.6 Å². The summed E-state index contributed by atoms with van der Waals surface area (Å²) in [6.45, 7) is 4.84. The maximum Gasteiger partial charge on any atom is 0.269 e. The molecule has 3 aromatic rings. The van der Waals surface area contributed by atoms with Gasteiger partial charge < -0.3 is 9.64 Å². The van der Waals surface area contributed by atoms with Gasteiger partial charge in [0.25, 0.3) is 15.9 Å². The van der Waals surface area contributed by atoms with Gasteiger partial charge in [-0.15, -0.1) is 10.2 Å². The van der Waals surface area contributed by atoms with Crippen LogP contribution < -0.4 is 4.90 Å². The summed E-state index contributed by atoms with van der Waals surface area (Å²) in [5, 5.41) is 9.58. The van der Waals surface area contributed by atoms with Crippen LogP contribution in [0.5, 0.6) is 0 Å². The van der Waals surface area contributed by atoms with E-state index in [1.165, 1.54) is 17.8 Å². The third-order valence-electron chi connectivity index (χ3n) is 5.96. The number of carbonyl (C=O) groups excluding carboxylic acids is 1. The Morgan fingerprint density at radius 2 is 1.76 bits per heavy atom. The highest BCUT2D eigenvalue weighted by molar-refractivity contribution is 7.99. The molecule has 2 aromatic carbocycles. The Balaban J connectivity index is 1.41. The lowest BCUT2D eigenvalue weighted by molar-refractivity contribution is 0.0876. The number of hydrogen-bond donors (Lipinski definition) is 0. The molecule has 0 spiro atoms. The van der Waals surface area contributed by atoms with Crippen molar-refractivity contribution in [3.63, 3.8) is 0 Å². The summed E-state index contributed by atoms with van der Waals surface area (Å²) in [5.41, 5.74) is 2.38. The predicted molar refractivity (Wildman–Crippen MR) is 129 cm³/mol. The average Bonchev–Trinajstić information content (AvgIpc) is 3.37. The van der Waals surface area contributed by atoms with Crippen molar-refractivity contribution in [2.24, 2.45) is 0 Å². The molecule has 0 N–H and O–H groups in total. The topological polar surface area (TPSA) is 97.6 Å². The van der Waals surface area contributed by atoms with Crippen LogP contribution in [0.4, 0.5) is 5.95 Å². The van der Waals surface area contributed by atoms with E-state index in [0.717, 1.165) is 41.0 Å². The number of aryl methyl sites for hydroxylation is 1. The fourth-order valence-electron chi connectivity index (χ4n) is 4.23. The van der Waals surface area contributed by atoms with E-state index < -0.39 is 15.9 Å². The van der Waals surface area contributed by atoms with E-state index in [1.54, 1.807) is 18.2 Å². The molecular weight excluding hydrogens is 474 g/mol. The van der Waals surface area contributed by atoms with Gasteiger partial charge in [0.1, 0.15) is 4.90 Å². The molecule has 3 heterocycles. The summed E-state index contributed by atoms with van der Waals surface area (Å²) in [5.74, 6) is 0.612. The largest absolute Gasteiger partial charge is 0.378 e. The minimum absolute atomic E-state index is 0.0513. The molecule has 34 heavy (non-hydrogen) atoms. The first-order chi connectivity index (χ1) is 16.5. The van der Waals surface area contributed by atoms with Crippen LogP contribution in [-0.4, -0.2) is 72.0 Å². The van der Waals surface area contributed by atoms with Gasteiger partial charge in [0.15, 0.2) is 5.16 Å². The van der Waals surface area contributed by atoms with Crippen LogP contribution in [0.25, 0.3) is 5.69 Å². The third kappa shape index (κ3) is 3.97. The van der Waals surface area contributed by atoms with Crippen LogP contribution >= 0.6 is 11.8 Å². The van der Waals surface area contributed by atoms with Gasteiger partial charge in [-0.2, -0.15) is 0 Å². The summed E-state index contributed by atoms with van der Waals surface area (Å²) in [4.78, 5) is 14.9. The lowest BCUT2D eigenvalue weighted by Gasteiger charge is -2.28. The zero-order valence-corrected chi connectivity index (χ0v) is 20.4. The van der Waals surface area contributed by atoms with Gasteiger partial charge in [-0.25, -0.2) is 12.7 Å². The highest BCUT2D eigenvalue weighted by Gasteiger charge is 2.40. The first-order valence-corrected chi connectivity index (χ1v) is 13.6. The van der Waals surface area contributed by atoms with E-state index in [-0.39, 0.29) is 17.0 Å². The Labute approximate surface area is 202 Å². The first-order valence-electron chi connectivity index (χ1n) is 11.2. The molecular formula is C23H25N5O4S2. The molecule has 0 radical (unpaired) electrons. The molecule has 1 amide bonds. The minimum Gasteiger partial charge on any atom is -0.378 e. The SMILES string of the molecule is CCc1ccccc1-n1c(SCCN2C(=O)c3ccccc3S2(=O)=O)nnc1N1CCOCC1. The number of anilines is 1. The van der Waals surface area contributed by atoms with Crippen molar-refractivity contribution in [2.45, 2.75) is 23.4 Å². The molecule has 0 unspecified atom stereocenters. The van der Waals surface area contributed by atoms with E-state index in [9.17, 15) is 13.2 Å². The highest BCUT2D eigenvalue weighted by Crippen LogP contribution is 2.32. The number of sulfonamides is 1. The zero-order chi connectivity index (χ0) is 23.7. The molecule has 0 bridgehead atoms. The standard InChI is InChI=1S/C23H25N5O4S2/c1-2-17-7-3-5-9-19(17)28-22(26-11-14-32-15-12-26)24-25-23(28)33-16-13-27-21(29)18-8-4-6-10-20(18)34(27,30)31/h3-10H,2,11-16H2,1H3.